The third kappa shape index (κ3) is 3.17. The van der Waals surface area contributed by atoms with Gasteiger partial charge in [0.05, 0.1) is 11.9 Å². The van der Waals surface area contributed by atoms with Crippen molar-refractivity contribution < 1.29 is 13.2 Å². The average Bonchev–Trinajstić information content (AvgIpc) is 2.87. The van der Waals surface area contributed by atoms with E-state index < -0.39 is 11.7 Å². The molecule has 0 bridgehead atoms. The Bertz CT molecular complexity index is 855. The van der Waals surface area contributed by atoms with Gasteiger partial charge in [0.1, 0.15) is 5.52 Å². The second-order valence-electron chi connectivity index (χ2n) is 5.26. The third-order valence-electron chi connectivity index (χ3n) is 3.59. The van der Waals surface area contributed by atoms with Crippen LogP contribution < -0.4 is 0 Å². The fourth-order valence-electron chi connectivity index (χ4n) is 2.48. The van der Waals surface area contributed by atoms with Gasteiger partial charge in [-0.25, -0.2) is 9.97 Å². The molecular formula is C16H13ClF3N3. The largest absolute Gasteiger partial charge is 0.418 e. The lowest BCUT2D eigenvalue weighted by Crippen LogP contribution is -2.08. The highest BCUT2D eigenvalue weighted by molar-refractivity contribution is 6.31. The Kier molecular flexibility index (Phi) is 4.02. The molecule has 0 spiro atoms. The van der Waals surface area contributed by atoms with Crippen LogP contribution in [-0.4, -0.2) is 14.5 Å². The topological polar surface area (TPSA) is 30.7 Å². The molecule has 0 fully saturated rings. The van der Waals surface area contributed by atoms with Gasteiger partial charge in [-0.15, -0.1) is 0 Å². The molecular weight excluding hydrogens is 327 g/mol. The number of hydrogen-bond donors (Lipinski definition) is 0. The first kappa shape index (κ1) is 15.8. The number of rotatable bonds is 3. The van der Waals surface area contributed by atoms with Crippen molar-refractivity contribution in [1.29, 1.82) is 0 Å². The van der Waals surface area contributed by atoms with E-state index in [-0.39, 0.29) is 11.2 Å². The lowest BCUT2D eigenvalue weighted by atomic mass is 10.1. The van der Waals surface area contributed by atoms with Crippen LogP contribution in [0, 0.1) is 6.92 Å². The van der Waals surface area contributed by atoms with Crippen LogP contribution in [0.25, 0.3) is 11.2 Å². The molecule has 0 aliphatic rings. The van der Waals surface area contributed by atoms with E-state index in [2.05, 4.69) is 9.97 Å². The number of aryl methyl sites for hydroxylation is 3. The molecule has 0 saturated heterocycles. The molecule has 2 aromatic heterocycles. The zero-order valence-corrected chi connectivity index (χ0v) is 13.0. The Morgan fingerprint density at radius 2 is 1.96 bits per heavy atom. The fraction of sp³-hybridized carbons (Fsp3) is 0.250. The Labute approximate surface area is 135 Å². The van der Waals surface area contributed by atoms with Crippen LogP contribution in [-0.2, 0) is 19.1 Å². The predicted molar refractivity (Wildman–Crippen MR) is 82.4 cm³/mol. The number of imidazole rings is 1. The molecule has 2 heterocycles. The van der Waals surface area contributed by atoms with Crippen molar-refractivity contribution in [1.82, 2.24) is 14.5 Å². The summed E-state index contributed by atoms with van der Waals surface area (Å²) in [6.07, 6.45) is -2.47. The van der Waals surface area contributed by atoms with Crippen LogP contribution in [0.2, 0.25) is 5.02 Å². The zero-order chi connectivity index (χ0) is 16.6. The van der Waals surface area contributed by atoms with Crippen molar-refractivity contribution in [2.45, 2.75) is 26.1 Å². The van der Waals surface area contributed by atoms with Crippen LogP contribution in [0.5, 0.6) is 0 Å². The predicted octanol–water partition coefficient (Wildman–Crippen LogP) is 4.65. The lowest BCUT2D eigenvalue weighted by molar-refractivity contribution is -0.136. The summed E-state index contributed by atoms with van der Waals surface area (Å²) in [6.45, 7) is 1.99. The molecule has 3 rings (SSSR count). The summed E-state index contributed by atoms with van der Waals surface area (Å²) in [5.74, 6) is 0. The smallest absolute Gasteiger partial charge is 0.315 e. The van der Waals surface area contributed by atoms with Gasteiger partial charge in [0.2, 0.25) is 0 Å². The molecule has 0 N–H and O–H groups in total. The van der Waals surface area contributed by atoms with Crippen LogP contribution in [0.1, 0.15) is 16.8 Å². The molecule has 0 aliphatic heterocycles. The van der Waals surface area contributed by atoms with Gasteiger partial charge >= 0.3 is 6.18 Å². The average molecular weight is 340 g/mol. The molecule has 3 aromatic rings. The maximum Gasteiger partial charge on any atom is 0.418 e. The van der Waals surface area contributed by atoms with E-state index >= 15 is 0 Å². The van der Waals surface area contributed by atoms with E-state index in [1.807, 2.05) is 18.2 Å². The molecule has 23 heavy (non-hydrogen) atoms. The van der Waals surface area contributed by atoms with Gasteiger partial charge in [-0.05, 0) is 31.0 Å². The number of hydrogen-bond acceptors (Lipinski definition) is 2. The molecule has 0 amide bonds. The van der Waals surface area contributed by atoms with E-state index in [1.54, 1.807) is 17.6 Å². The third-order valence-corrected chi connectivity index (χ3v) is 3.95. The van der Waals surface area contributed by atoms with Gasteiger partial charge in [-0.1, -0.05) is 29.8 Å². The number of benzene rings is 1. The first-order valence-corrected chi connectivity index (χ1v) is 7.37. The molecule has 0 unspecified atom stereocenters. The van der Waals surface area contributed by atoms with Crippen molar-refractivity contribution >= 4 is 22.8 Å². The van der Waals surface area contributed by atoms with Gasteiger partial charge in [0.25, 0.3) is 0 Å². The number of nitrogens with zero attached hydrogens (tertiary/aromatic N) is 3. The van der Waals surface area contributed by atoms with Gasteiger partial charge in [0.15, 0.2) is 5.65 Å². The summed E-state index contributed by atoms with van der Waals surface area (Å²) in [6, 6.07) is 8.40. The van der Waals surface area contributed by atoms with Gasteiger partial charge in [-0.2, -0.15) is 13.2 Å². The fourth-order valence-corrected chi connectivity index (χ4v) is 2.71. The van der Waals surface area contributed by atoms with E-state index in [1.165, 1.54) is 6.33 Å². The van der Waals surface area contributed by atoms with Gasteiger partial charge in [0, 0.05) is 17.3 Å². The normalized spacial score (nSPS) is 12.0. The molecule has 3 nitrogen and oxygen atoms in total. The van der Waals surface area contributed by atoms with Crippen molar-refractivity contribution in [3.63, 3.8) is 0 Å². The molecule has 0 radical (unpaired) electrons. The first-order valence-electron chi connectivity index (χ1n) is 6.99. The summed E-state index contributed by atoms with van der Waals surface area (Å²) in [5.41, 5.74) is 0.604. The van der Waals surface area contributed by atoms with Gasteiger partial charge in [-0.3, -0.25) is 0 Å². The summed E-state index contributed by atoms with van der Waals surface area (Å²) in [4.78, 5) is 8.12. The van der Waals surface area contributed by atoms with E-state index in [4.69, 9.17) is 11.6 Å². The monoisotopic (exact) mass is 339 g/mol. The highest BCUT2D eigenvalue weighted by Gasteiger charge is 2.34. The standard InChI is InChI=1S/C16H13ClF3N3/c1-10-8-12(16(18,19)20)14-15(22-10)23(9-21-14)7-6-11-4-2-3-5-13(11)17/h2-5,8-9H,6-7H2,1H3. The van der Waals surface area contributed by atoms with Crippen molar-refractivity contribution in [2.24, 2.45) is 0 Å². The quantitative estimate of drug-likeness (QED) is 0.695. The summed E-state index contributed by atoms with van der Waals surface area (Å²) in [7, 11) is 0. The Morgan fingerprint density at radius 3 is 2.65 bits per heavy atom. The number of halogens is 4. The Hall–Kier alpha value is -2.08. The Balaban J connectivity index is 1.97. The molecule has 0 saturated carbocycles. The number of pyridine rings is 1. The van der Waals surface area contributed by atoms with Crippen molar-refractivity contribution in [3.05, 3.63) is 58.5 Å². The highest BCUT2D eigenvalue weighted by Crippen LogP contribution is 2.34. The van der Waals surface area contributed by atoms with E-state index in [0.717, 1.165) is 11.6 Å². The minimum absolute atomic E-state index is 0.123. The minimum Gasteiger partial charge on any atom is -0.315 e. The number of aromatic nitrogens is 3. The van der Waals surface area contributed by atoms with Crippen molar-refractivity contribution in [2.75, 3.05) is 0 Å². The molecule has 0 atom stereocenters. The van der Waals surface area contributed by atoms with Crippen LogP contribution in [0.15, 0.2) is 36.7 Å². The van der Waals surface area contributed by atoms with Gasteiger partial charge < -0.3 is 4.57 Å². The number of fused-ring (bicyclic) bond motifs is 1. The minimum atomic E-state index is -4.45. The second kappa shape index (κ2) is 5.85. The molecule has 7 heteroatoms. The van der Waals surface area contributed by atoms with E-state index in [0.29, 0.717) is 23.7 Å². The van der Waals surface area contributed by atoms with Crippen LogP contribution in [0.4, 0.5) is 13.2 Å². The SMILES string of the molecule is Cc1cc(C(F)(F)F)c2ncn(CCc3ccccc3Cl)c2n1. The number of alkyl halides is 3. The maximum atomic E-state index is 13.1. The highest BCUT2D eigenvalue weighted by atomic mass is 35.5. The Morgan fingerprint density at radius 1 is 1.22 bits per heavy atom. The summed E-state index contributed by atoms with van der Waals surface area (Å²) in [5, 5.41) is 0.636. The first-order chi connectivity index (χ1) is 10.9. The molecule has 0 aliphatic carbocycles. The second-order valence-corrected chi connectivity index (χ2v) is 5.67. The van der Waals surface area contributed by atoms with Crippen molar-refractivity contribution in [3.8, 4) is 0 Å². The zero-order valence-electron chi connectivity index (χ0n) is 12.2. The van der Waals surface area contributed by atoms with Crippen LogP contribution >= 0.6 is 11.6 Å². The maximum absolute atomic E-state index is 13.1. The summed E-state index contributed by atoms with van der Waals surface area (Å²) >= 11 is 6.10. The van der Waals surface area contributed by atoms with E-state index in [9.17, 15) is 13.2 Å². The molecule has 120 valence electrons. The van der Waals surface area contributed by atoms with Crippen LogP contribution in [0.3, 0.4) is 0 Å². The summed E-state index contributed by atoms with van der Waals surface area (Å²) < 4.78 is 41.0. The lowest BCUT2D eigenvalue weighted by Gasteiger charge is -2.09. The molecule has 1 aromatic carbocycles.